The standard InChI is InChI=1S/C26H38N2O3/c1-20(2)18-27-24(23(29)17-16-21-12-8-6-9-13-21)28(25(30)31-26(3,4)5)19-22-14-10-7-11-15-22/h6-15,20,23-24,27,29H,16-19H2,1-5H3/t23-,24?/m0/s1. The molecule has 2 rings (SSSR count). The van der Waals surface area contributed by atoms with Gasteiger partial charge in [-0.05, 0) is 57.2 Å². The van der Waals surface area contributed by atoms with Crippen molar-refractivity contribution in [2.24, 2.45) is 5.92 Å². The fourth-order valence-corrected chi connectivity index (χ4v) is 3.30. The molecule has 0 aliphatic rings. The smallest absolute Gasteiger partial charge is 0.411 e. The minimum atomic E-state index is -0.741. The highest BCUT2D eigenvalue weighted by Gasteiger charge is 2.32. The first-order valence-corrected chi connectivity index (χ1v) is 11.1. The number of rotatable bonds is 10. The van der Waals surface area contributed by atoms with Crippen LogP contribution in [0.2, 0.25) is 0 Å². The summed E-state index contributed by atoms with van der Waals surface area (Å²) in [7, 11) is 0. The number of hydrogen-bond acceptors (Lipinski definition) is 4. The van der Waals surface area contributed by atoms with Crippen LogP contribution in [-0.4, -0.2) is 40.5 Å². The number of ether oxygens (including phenoxy) is 1. The van der Waals surface area contributed by atoms with Crippen molar-refractivity contribution in [2.45, 2.75) is 71.9 Å². The van der Waals surface area contributed by atoms with Crippen LogP contribution in [0.5, 0.6) is 0 Å². The molecule has 2 aromatic rings. The summed E-state index contributed by atoms with van der Waals surface area (Å²) in [5, 5.41) is 14.6. The largest absolute Gasteiger partial charge is 0.444 e. The molecule has 0 spiro atoms. The number of nitrogens with one attached hydrogen (secondary N) is 1. The average Bonchev–Trinajstić information content (AvgIpc) is 2.71. The average molecular weight is 427 g/mol. The van der Waals surface area contributed by atoms with Gasteiger partial charge < -0.3 is 9.84 Å². The molecule has 1 amide bonds. The van der Waals surface area contributed by atoms with Gasteiger partial charge in [0.15, 0.2) is 0 Å². The SMILES string of the molecule is CC(C)CNC([C@@H](O)CCc1ccccc1)N(Cc1ccccc1)C(=O)OC(C)(C)C. The fraction of sp³-hybridized carbons (Fsp3) is 0.500. The van der Waals surface area contributed by atoms with Gasteiger partial charge in [-0.1, -0.05) is 74.5 Å². The van der Waals surface area contributed by atoms with E-state index < -0.39 is 24.0 Å². The highest BCUT2D eigenvalue weighted by Crippen LogP contribution is 2.18. The van der Waals surface area contributed by atoms with Gasteiger partial charge in [0, 0.05) is 0 Å². The molecule has 0 aromatic heterocycles. The second-order valence-electron chi connectivity index (χ2n) is 9.43. The van der Waals surface area contributed by atoms with Crippen LogP contribution in [0.1, 0.15) is 52.2 Å². The molecule has 0 bridgehead atoms. The van der Waals surface area contributed by atoms with Crippen LogP contribution >= 0.6 is 0 Å². The van der Waals surface area contributed by atoms with E-state index in [0.717, 1.165) is 17.5 Å². The molecule has 2 N–H and O–H groups in total. The molecule has 5 nitrogen and oxygen atoms in total. The number of carbonyl (C=O) groups is 1. The maximum Gasteiger partial charge on any atom is 0.411 e. The molecule has 0 heterocycles. The molecule has 170 valence electrons. The summed E-state index contributed by atoms with van der Waals surface area (Å²) in [5.41, 5.74) is 1.53. The third-order valence-electron chi connectivity index (χ3n) is 4.83. The van der Waals surface area contributed by atoms with E-state index in [0.29, 0.717) is 25.4 Å². The number of aryl methyl sites for hydroxylation is 1. The third kappa shape index (κ3) is 9.11. The predicted octanol–water partition coefficient (Wildman–Crippen LogP) is 4.99. The fourth-order valence-electron chi connectivity index (χ4n) is 3.30. The molecule has 0 fully saturated rings. The first-order valence-electron chi connectivity index (χ1n) is 11.1. The number of aliphatic hydroxyl groups excluding tert-OH is 1. The molecular weight excluding hydrogens is 388 g/mol. The van der Waals surface area contributed by atoms with E-state index in [4.69, 9.17) is 4.74 Å². The molecule has 1 unspecified atom stereocenters. The van der Waals surface area contributed by atoms with Gasteiger partial charge in [0.2, 0.25) is 0 Å². The first-order chi connectivity index (χ1) is 14.7. The Hall–Kier alpha value is -2.37. The minimum Gasteiger partial charge on any atom is -0.444 e. The lowest BCUT2D eigenvalue weighted by Gasteiger charge is -2.37. The zero-order chi connectivity index (χ0) is 22.9. The maximum atomic E-state index is 13.2. The number of hydrogen-bond donors (Lipinski definition) is 2. The Labute approximate surface area is 187 Å². The van der Waals surface area contributed by atoms with E-state index in [-0.39, 0.29) is 0 Å². The number of amides is 1. The van der Waals surface area contributed by atoms with Crippen LogP contribution < -0.4 is 5.32 Å². The van der Waals surface area contributed by atoms with Crippen molar-refractivity contribution >= 4 is 6.09 Å². The van der Waals surface area contributed by atoms with Crippen molar-refractivity contribution in [3.63, 3.8) is 0 Å². The summed E-state index contributed by atoms with van der Waals surface area (Å²) in [6.07, 6.45) is -0.462. The number of aliphatic hydroxyl groups is 1. The van der Waals surface area contributed by atoms with Crippen molar-refractivity contribution in [3.05, 3.63) is 71.8 Å². The summed E-state index contributed by atoms with van der Waals surface area (Å²) in [6.45, 7) is 10.8. The van der Waals surface area contributed by atoms with E-state index in [1.807, 2.05) is 69.3 Å². The van der Waals surface area contributed by atoms with Crippen molar-refractivity contribution in [1.82, 2.24) is 10.2 Å². The first kappa shape index (κ1) is 24.9. The third-order valence-corrected chi connectivity index (χ3v) is 4.83. The zero-order valence-corrected chi connectivity index (χ0v) is 19.5. The van der Waals surface area contributed by atoms with Gasteiger partial charge >= 0.3 is 6.09 Å². The minimum absolute atomic E-state index is 0.355. The molecule has 0 radical (unpaired) electrons. The van der Waals surface area contributed by atoms with Gasteiger partial charge in [0.25, 0.3) is 0 Å². The Bertz CT molecular complexity index is 772. The van der Waals surface area contributed by atoms with Crippen molar-refractivity contribution in [2.75, 3.05) is 6.54 Å². The number of nitrogens with zero attached hydrogens (tertiary/aromatic N) is 1. The second kappa shape index (κ2) is 11.9. The van der Waals surface area contributed by atoms with Crippen LogP contribution in [0.4, 0.5) is 4.79 Å². The van der Waals surface area contributed by atoms with Crippen LogP contribution in [0, 0.1) is 5.92 Å². The summed E-state index contributed by atoms with van der Waals surface area (Å²) in [5.74, 6) is 0.376. The van der Waals surface area contributed by atoms with Crippen LogP contribution in [-0.2, 0) is 17.7 Å². The Morgan fingerprint density at radius 1 is 1.00 bits per heavy atom. The highest BCUT2D eigenvalue weighted by molar-refractivity contribution is 5.68. The van der Waals surface area contributed by atoms with E-state index >= 15 is 0 Å². The Balaban J connectivity index is 2.25. The second-order valence-corrected chi connectivity index (χ2v) is 9.43. The molecule has 31 heavy (non-hydrogen) atoms. The van der Waals surface area contributed by atoms with Crippen molar-refractivity contribution in [3.8, 4) is 0 Å². The Morgan fingerprint density at radius 3 is 2.06 bits per heavy atom. The monoisotopic (exact) mass is 426 g/mol. The molecule has 0 saturated heterocycles. The Kier molecular flexibility index (Phi) is 9.53. The van der Waals surface area contributed by atoms with Crippen LogP contribution in [0.15, 0.2) is 60.7 Å². The molecule has 0 aliphatic heterocycles. The van der Waals surface area contributed by atoms with Gasteiger partial charge in [0.1, 0.15) is 11.8 Å². The van der Waals surface area contributed by atoms with Gasteiger partial charge in [0.05, 0.1) is 12.6 Å². The highest BCUT2D eigenvalue weighted by atomic mass is 16.6. The molecule has 0 aliphatic carbocycles. The normalized spacial score (nSPS) is 13.6. The topological polar surface area (TPSA) is 61.8 Å². The summed E-state index contributed by atoms with van der Waals surface area (Å²) in [6, 6.07) is 19.9. The summed E-state index contributed by atoms with van der Waals surface area (Å²) in [4.78, 5) is 14.8. The molecule has 2 atom stereocenters. The molecular formula is C26H38N2O3. The summed E-state index contributed by atoms with van der Waals surface area (Å²) < 4.78 is 5.71. The zero-order valence-electron chi connectivity index (χ0n) is 19.5. The predicted molar refractivity (Wildman–Crippen MR) is 126 cm³/mol. The summed E-state index contributed by atoms with van der Waals surface area (Å²) >= 11 is 0. The Morgan fingerprint density at radius 2 is 1.55 bits per heavy atom. The lowest BCUT2D eigenvalue weighted by atomic mass is 10.0. The van der Waals surface area contributed by atoms with Gasteiger partial charge in [-0.3, -0.25) is 10.2 Å². The van der Waals surface area contributed by atoms with Crippen molar-refractivity contribution < 1.29 is 14.6 Å². The van der Waals surface area contributed by atoms with Crippen LogP contribution in [0.3, 0.4) is 0 Å². The lowest BCUT2D eigenvalue weighted by molar-refractivity contribution is -0.0193. The van der Waals surface area contributed by atoms with E-state index in [1.165, 1.54) is 0 Å². The quantitative estimate of drug-likeness (QED) is 0.526. The van der Waals surface area contributed by atoms with E-state index in [2.05, 4.69) is 31.3 Å². The molecule has 0 saturated carbocycles. The number of benzene rings is 2. The van der Waals surface area contributed by atoms with Crippen molar-refractivity contribution in [1.29, 1.82) is 0 Å². The van der Waals surface area contributed by atoms with Gasteiger partial charge in [-0.15, -0.1) is 0 Å². The number of carbonyl (C=O) groups excluding carboxylic acids is 1. The van der Waals surface area contributed by atoms with Gasteiger partial charge in [-0.25, -0.2) is 4.79 Å². The van der Waals surface area contributed by atoms with E-state index in [1.54, 1.807) is 4.90 Å². The van der Waals surface area contributed by atoms with Gasteiger partial charge in [-0.2, -0.15) is 0 Å². The van der Waals surface area contributed by atoms with E-state index in [9.17, 15) is 9.90 Å². The molecule has 2 aromatic carbocycles. The maximum absolute atomic E-state index is 13.2. The lowest BCUT2D eigenvalue weighted by Crippen LogP contribution is -2.56. The molecule has 5 heteroatoms. The van der Waals surface area contributed by atoms with Crippen LogP contribution in [0.25, 0.3) is 0 Å².